The lowest BCUT2D eigenvalue weighted by Crippen LogP contribution is -2.37. The maximum Gasteiger partial charge on any atom is 0.327 e. The summed E-state index contributed by atoms with van der Waals surface area (Å²) < 4.78 is 44.5. The first kappa shape index (κ1) is 16.7. The summed E-state index contributed by atoms with van der Waals surface area (Å²) in [5.41, 5.74) is -0.305. The Kier molecular flexibility index (Phi) is 4.58. The molecule has 0 aromatic rings. The van der Waals surface area contributed by atoms with Crippen molar-refractivity contribution < 1.29 is 27.2 Å². The van der Waals surface area contributed by atoms with Crippen molar-refractivity contribution in [1.82, 2.24) is 0 Å². The lowest BCUT2D eigenvalue weighted by molar-refractivity contribution is -0.0110. The third-order valence-electron chi connectivity index (χ3n) is 3.92. The number of hydrogen-bond donors (Lipinski definition) is 0. The van der Waals surface area contributed by atoms with Gasteiger partial charge in [0.25, 0.3) is 0 Å². The predicted molar refractivity (Wildman–Crippen MR) is 76.3 cm³/mol. The molecule has 20 heavy (non-hydrogen) atoms. The van der Waals surface area contributed by atoms with Crippen LogP contribution in [0.2, 0.25) is 0 Å². The van der Waals surface area contributed by atoms with E-state index in [4.69, 9.17) is 18.1 Å². The largest absolute Gasteiger partial charge is 0.327 e. The van der Waals surface area contributed by atoms with E-state index in [9.17, 15) is 9.13 Å². The van der Waals surface area contributed by atoms with Crippen molar-refractivity contribution in [2.24, 2.45) is 10.8 Å². The highest BCUT2D eigenvalue weighted by Crippen LogP contribution is 2.54. The average Bonchev–Trinajstić information content (AvgIpc) is 2.36. The van der Waals surface area contributed by atoms with E-state index in [0.29, 0.717) is 26.4 Å². The molecule has 2 rings (SSSR count). The SMILES string of the molecule is CC1(CCC2(C)COP(C)(=O)OC2)COP(C)(=O)OC1. The Morgan fingerprint density at radius 3 is 1.25 bits per heavy atom. The summed E-state index contributed by atoms with van der Waals surface area (Å²) in [6.07, 6.45) is 1.70. The maximum atomic E-state index is 11.6. The quantitative estimate of drug-likeness (QED) is 0.739. The Balaban J connectivity index is 1.86. The second-order valence-corrected chi connectivity index (χ2v) is 10.9. The van der Waals surface area contributed by atoms with Gasteiger partial charge in [-0.3, -0.25) is 9.13 Å². The normalized spacial score (nSPS) is 50.0. The van der Waals surface area contributed by atoms with Gasteiger partial charge in [0, 0.05) is 24.2 Å². The fourth-order valence-electron chi connectivity index (χ4n) is 2.14. The van der Waals surface area contributed by atoms with Crippen LogP contribution in [0.25, 0.3) is 0 Å². The molecule has 0 radical (unpaired) electrons. The van der Waals surface area contributed by atoms with Crippen LogP contribution in [0.1, 0.15) is 26.7 Å². The van der Waals surface area contributed by atoms with Crippen molar-refractivity contribution in [3.8, 4) is 0 Å². The van der Waals surface area contributed by atoms with Crippen LogP contribution in [0.4, 0.5) is 0 Å². The first-order chi connectivity index (χ1) is 9.04. The zero-order chi connectivity index (χ0) is 15.1. The van der Waals surface area contributed by atoms with Crippen LogP contribution >= 0.6 is 15.2 Å². The zero-order valence-corrected chi connectivity index (χ0v) is 14.4. The van der Waals surface area contributed by atoms with Crippen molar-refractivity contribution in [3.63, 3.8) is 0 Å². The van der Waals surface area contributed by atoms with Gasteiger partial charge in [0.2, 0.25) is 0 Å². The van der Waals surface area contributed by atoms with E-state index in [1.54, 1.807) is 0 Å². The number of hydrogen-bond acceptors (Lipinski definition) is 6. The molecule has 2 aliphatic heterocycles. The first-order valence-corrected chi connectivity index (χ1v) is 10.7. The summed E-state index contributed by atoms with van der Waals surface area (Å²) in [5.74, 6) is 0. The van der Waals surface area contributed by atoms with E-state index in [2.05, 4.69) is 13.8 Å². The molecule has 0 aliphatic carbocycles. The molecule has 0 bridgehead atoms. The summed E-state index contributed by atoms with van der Waals surface area (Å²) in [6, 6.07) is 0. The molecular formula is C12H24O6P2. The molecule has 2 aliphatic rings. The summed E-state index contributed by atoms with van der Waals surface area (Å²) in [4.78, 5) is 0. The average molecular weight is 326 g/mol. The summed E-state index contributed by atoms with van der Waals surface area (Å²) >= 11 is 0. The minimum atomic E-state index is -2.84. The second-order valence-electron chi connectivity index (χ2n) is 6.76. The van der Waals surface area contributed by atoms with Gasteiger partial charge in [-0.1, -0.05) is 13.8 Å². The molecular weight excluding hydrogens is 302 g/mol. The Morgan fingerprint density at radius 1 is 0.750 bits per heavy atom. The highest BCUT2D eigenvalue weighted by atomic mass is 31.2. The smallest absolute Gasteiger partial charge is 0.308 e. The maximum absolute atomic E-state index is 11.6. The molecule has 2 saturated heterocycles. The molecule has 118 valence electrons. The van der Waals surface area contributed by atoms with E-state index in [0.717, 1.165) is 12.8 Å². The molecule has 0 amide bonds. The third-order valence-corrected chi connectivity index (χ3v) is 6.31. The molecule has 2 fully saturated rings. The molecule has 0 spiro atoms. The van der Waals surface area contributed by atoms with Crippen LogP contribution in [0.5, 0.6) is 0 Å². The van der Waals surface area contributed by atoms with Gasteiger partial charge in [-0.05, 0) is 12.8 Å². The fraction of sp³-hybridized carbons (Fsp3) is 1.00. The third kappa shape index (κ3) is 4.40. The minimum Gasteiger partial charge on any atom is -0.308 e. The summed E-state index contributed by atoms with van der Waals surface area (Å²) in [6.45, 7) is 8.85. The Labute approximate surface area is 120 Å². The zero-order valence-electron chi connectivity index (χ0n) is 12.6. The van der Waals surface area contributed by atoms with Crippen molar-refractivity contribution >= 4 is 15.2 Å². The number of rotatable bonds is 3. The highest BCUT2D eigenvalue weighted by molar-refractivity contribution is 7.53. The van der Waals surface area contributed by atoms with E-state index in [-0.39, 0.29) is 10.8 Å². The van der Waals surface area contributed by atoms with E-state index in [1.807, 2.05) is 0 Å². The van der Waals surface area contributed by atoms with E-state index >= 15 is 0 Å². The highest BCUT2D eigenvalue weighted by Gasteiger charge is 2.41. The predicted octanol–water partition coefficient (Wildman–Crippen LogP) is 3.52. The van der Waals surface area contributed by atoms with E-state index in [1.165, 1.54) is 13.3 Å². The molecule has 6 nitrogen and oxygen atoms in total. The first-order valence-electron chi connectivity index (χ1n) is 6.77. The van der Waals surface area contributed by atoms with Crippen LogP contribution in [0, 0.1) is 10.8 Å². The molecule has 0 saturated carbocycles. The van der Waals surface area contributed by atoms with Crippen molar-refractivity contribution in [2.75, 3.05) is 39.8 Å². The topological polar surface area (TPSA) is 71.1 Å². The van der Waals surface area contributed by atoms with Gasteiger partial charge in [-0.2, -0.15) is 0 Å². The lowest BCUT2D eigenvalue weighted by Gasteiger charge is -2.40. The lowest BCUT2D eigenvalue weighted by atomic mass is 9.78. The van der Waals surface area contributed by atoms with Crippen LogP contribution in [0.3, 0.4) is 0 Å². The fourth-order valence-corrected chi connectivity index (χ4v) is 4.48. The van der Waals surface area contributed by atoms with Gasteiger partial charge in [-0.25, -0.2) is 0 Å². The van der Waals surface area contributed by atoms with Gasteiger partial charge in [0.05, 0.1) is 26.4 Å². The monoisotopic (exact) mass is 326 g/mol. The van der Waals surface area contributed by atoms with Crippen LogP contribution in [0.15, 0.2) is 0 Å². The van der Waals surface area contributed by atoms with Gasteiger partial charge in [0.15, 0.2) is 0 Å². The van der Waals surface area contributed by atoms with Gasteiger partial charge in [0.1, 0.15) is 0 Å². The van der Waals surface area contributed by atoms with E-state index < -0.39 is 15.2 Å². The second kappa shape index (κ2) is 5.49. The molecule has 0 unspecified atom stereocenters. The Hall–Kier alpha value is 0.300. The molecule has 8 heteroatoms. The van der Waals surface area contributed by atoms with Gasteiger partial charge in [-0.15, -0.1) is 0 Å². The van der Waals surface area contributed by atoms with Gasteiger partial charge < -0.3 is 18.1 Å². The van der Waals surface area contributed by atoms with Crippen LogP contribution in [-0.2, 0) is 27.2 Å². The molecule has 0 aromatic carbocycles. The van der Waals surface area contributed by atoms with Gasteiger partial charge >= 0.3 is 15.2 Å². The standard InChI is InChI=1S/C12H24O6P2/c1-11(7-15-19(3,13)16-8-11)5-6-12(2)9-17-20(4,14)18-10-12/h5-10H2,1-4H3. The van der Waals surface area contributed by atoms with Crippen molar-refractivity contribution in [1.29, 1.82) is 0 Å². The molecule has 0 N–H and O–H groups in total. The van der Waals surface area contributed by atoms with Crippen molar-refractivity contribution in [3.05, 3.63) is 0 Å². The molecule has 0 aromatic heterocycles. The van der Waals surface area contributed by atoms with Crippen LogP contribution < -0.4 is 0 Å². The summed E-state index contributed by atoms with van der Waals surface area (Å²) in [7, 11) is -5.69. The Morgan fingerprint density at radius 2 is 1.00 bits per heavy atom. The molecule has 0 atom stereocenters. The Bertz CT molecular complexity index is 397. The van der Waals surface area contributed by atoms with Crippen molar-refractivity contribution in [2.45, 2.75) is 26.7 Å². The van der Waals surface area contributed by atoms with Crippen LogP contribution in [-0.4, -0.2) is 39.8 Å². The summed E-state index contributed by atoms with van der Waals surface area (Å²) in [5, 5.41) is 0. The minimum absolute atomic E-state index is 0.152. The molecule has 2 heterocycles.